The first kappa shape index (κ1) is 13.9. The van der Waals surface area contributed by atoms with Gasteiger partial charge >= 0.3 is 0 Å². The summed E-state index contributed by atoms with van der Waals surface area (Å²) in [5, 5.41) is 9.07. The zero-order chi connectivity index (χ0) is 14.0. The Bertz CT molecular complexity index is 552. The van der Waals surface area contributed by atoms with Gasteiger partial charge in [-0.2, -0.15) is 5.26 Å². The summed E-state index contributed by atoms with van der Waals surface area (Å²) >= 11 is 0. The van der Waals surface area contributed by atoms with Gasteiger partial charge in [0.1, 0.15) is 11.6 Å². The van der Waals surface area contributed by atoms with Crippen molar-refractivity contribution in [2.75, 3.05) is 0 Å². The second kappa shape index (κ2) is 5.21. The number of hydrogen-bond donors (Lipinski definition) is 0. The molecule has 0 spiro atoms. The molecule has 1 saturated carbocycles. The van der Waals surface area contributed by atoms with Crippen LogP contribution in [0.2, 0.25) is 0 Å². The molecule has 102 valence electrons. The van der Waals surface area contributed by atoms with Gasteiger partial charge in [0.2, 0.25) is 0 Å². The van der Waals surface area contributed by atoms with E-state index < -0.39 is 0 Å². The molecule has 1 fully saturated rings. The zero-order valence-corrected chi connectivity index (χ0v) is 12.1. The number of nitriles is 1. The van der Waals surface area contributed by atoms with Crippen LogP contribution in [-0.4, -0.2) is 4.57 Å². The topological polar surface area (TPSA) is 45.8 Å². The van der Waals surface area contributed by atoms with Gasteiger partial charge < -0.3 is 4.57 Å². The van der Waals surface area contributed by atoms with Crippen molar-refractivity contribution in [1.29, 1.82) is 5.26 Å². The molecule has 3 heteroatoms. The normalized spacial score (nSPS) is 17.2. The largest absolute Gasteiger partial charge is 0.308 e. The van der Waals surface area contributed by atoms with Crippen molar-refractivity contribution in [3.8, 4) is 6.07 Å². The summed E-state index contributed by atoms with van der Waals surface area (Å²) in [6, 6.07) is 5.91. The summed E-state index contributed by atoms with van der Waals surface area (Å²) in [6.07, 6.45) is 5.72. The Labute approximate surface area is 114 Å². The van der Waals surface area contributed by atoms with E-state index in [4.69, 9.17) is 5.26 Å². The molecule has 0 unspecified atom stereocenters. The highest BCUT2D eigenvalue weighted by molar-refractivity contribution is 5.30. The maximum Gasteiger partial charge on any atom is 0.268 e. The average Bonchev–Trinajstić information content (AvgIpc) is 2.38. The van der Waals surface area contributed by atoms with E-state index in [-0.39, 0.29) is 22.6 Å². The number of rotatable bonds is 1. The van der Waals surface area contributed by atoms with Gasteiger partial charge in [-0.15, -0.1) is 0 Å². The lowest BCUT2D eigenvalue weighted by molar-refractivity contribution is 0.325. The van der Waals surface area contributed by atoms with E-state index in [1.165, 1.54) is 19.3 Å². The molecule has 0 aliphatic heterocycles. The molecule has 19 heavy (non-hydrogen) atoms. The third-order valence-electron chi connectivity index (χ3n) is 3.95. The minimum Gasteiger partial charge on any atom is -0.308 e. The van der Waals surface area contributed by atoms with Gasteiger partial charge in [-0.1, -0.05) is 40.0 Å². The molecular formula is C16H22N2O. The van der Waals surface area contributed by atoms with Crippen molar-refractivity contribution in [3.63, 3.8) is 0 Å². The summed E-state index contributed by atoms with van der Waals surface area (Å²) in [6.45, 7) is 6.35. The quantitative estimate of drug-likeness (QED) is 0.773. The first-order valence-corrected chi connectivity index (χ1v) is 7.11. The second-order valence-electron chi connectivity index (χ2n) is 6.46. The summed E-state index contributed by atoms with van der Waals surface area (Å²) in [5.74, 6) is 0. The lowest BCUT2D eigenvalue weighted by atomic mass is 9.88. The van der Waals surface area contributed by atoms with E-state index >= 15 is 0 Å². The molecule has 0 N–H and O–H groups in total. The van der Waals surface area contributed by atoms with Gasteiger partial charge in [0.15, 0.2) is 0 Å². The maximum absolute atomic E-state index is 12.5. The Morgan fingerprint density at radius 1 is 1.21 bits per heavy atom. The van der Waals surface area contributed by atoms with Crippen molar-refractivity contribution in [3.05, 3.63) is 33.7 Å². The minimum absolute atomic E-state index is 0.0788. The molecule has 1 aromatic rings. The molecule has 1 aromatic heterocycles. The van der Waals surface area contributed by atoms with E-state index in [1.807, 2.05) is 16.7 Å². The summed E-state index contributed by atoms with van der Waals surface area (Å²) < 4.78 is 1.90. The first-order chi connectivity index (χ1) is 8.95. The Balaban J connectivity index is 2.60. The molecule has 0 saturated heterocycles. The van der Waals surface area contributed by atoms with Gasteiger partial charge in [0.05, 0.1) is 0 Å². The van der Waals surface area contributed by atoms with Crippen molar-refractivity contribution >= 4 is 0 Å². The highest BCUT2D eigenvalue weighted by Crippen LogP contribution is 2.31. The lowest BCUT2D eigenvalue weighted by Gasteiger charge is -2.31. The van der Waals surface area contributed by atoms with Crippen LogP contribution in [0.5, 0.6) is 0 Å². The Morgan fingerprint density at radius 2 is 1.84 bits per heavy atom. The van der Waals surface area contributed by atoms with Gasteiger partial charge in [-0.3, -0.25) is 4.79 Å². The standard InChI is InChI=1S/C16H22N2O/c1-16(2,3)14-10-9-12(11-17)15(19)18(14)13-7-5-4-6-8-13/h9-10,13H,4-8H2,1-3H3. The monoisotopic (exact) mass is 258 g/mol. The number of nitrogens with zero attached hydrogens (tertiary/aromatic N) is 2. The molecule has 0 amide bonds. The van der Waals surface area contributed by atoms with Crippen molar-refractivity contribution in [2.24, 2.45) is 0 Å². The third kappa shape index (κ3) is 2.73. The van der Waals surface area contributed by atoms with Crippen LogP contribution >= 0.6 is 0 Å². The molecule has 1 heterocycles. The van der Waals surface area contributed by atoms with Crippen LogP contribution in [0, 0.1) is 11.3 Å². The second-order valence-corrected chi connectivity index (χ2v) is 6.46. The van der Waals surface area contributed by atoms with E-state index in [9.17, 15) is 4.79 Å². The molecular weight excluding hydrogens is 236 g/mol. The van der Waals surface area contributed by atoms with Crippen molar-refractivity contribution in [2.45, 2.75) is 64.3 Å². The summed E-state index contributed by atoms with van der Waals surface area (Å²) in [5.41, 5.74) is 1.12. The fourth-order valence-corrected chi connectivity index (χ4v) is 2.95. The molecule has 3 nitrogen and oxygen atoms in total. The summed E-state index contributed by atoms with van der Waals surface area (Å²) in [4.78, 5) is 12.5. The molecule has 0 aromatic carbocycles. The highest BCUT2D eigenvalue weighted by Gasteiger charge is 2.25. The van der Waals surface area contributed by atoms with Crippen LogP contribution < -0.4 is 5.56 Å². The molecule has 1 aliphatic rings. The lowest BCUT2D eigenvalue weighted by Crippen LogP contribution is -2.34. The van der Waals surface area contributed by atoms with Crippen LogP contribution in [-0.2, 0) is 5.41 Å². The fraction of sp³-hybridized carbons (Fsp3) is 0.625. The molecule has 1 aliphatic carbocycles. The SMILES string of the molecule is CC(C)(C)c1ccc(C#N)c(=O)n1C1CCCCC1. The van der Waals surface area contributed by atoms with Gasteiger partial charge in [-0.25, -0.2) is 0 Å². The van der Waals surface area contributed by atoms with E-state index in [2.05, 4.69) is 20.8 Å². The third-order valence-corrected chi connectivity index (χ3v) is 3.95. The highest BCUT2D eigenvalue weighted by atomic mass is 16.1. The molecule has 2 rings (SSSR count). The molecule has 0 bridgehead atoms. The number of hydrogen-bond acceptors (Lipinski definition) is 2. The van der Waals surface area contributed by atoms with Crippen LogP contribution in [0.15, 0.2) is 16.9 Å². The Hall–Kier alpha value is -1.56. The van der Waals surface area contributed by atoms with Gasteiger partial charge in [-0.05, 0) is 25.0 Å². The molecule has 0 atom stereocenters. The summed E-state index contributed by atoms with van der Waals surface area (Å²) in [7, 11) is 0. The van der Waals surface area contributed by atoms with E-state index in [1.54, 1.807) is 6.07 Å². The number of pyridine rings is 1. The van der Waals surface area contributed by atoms with E-state index in [0.717, 1.165) is 18.5 Å². The predicted molar refractivity (Wildman–Crippen MR) is 76.2 cm³/mol. The first-order valence-electron chi connectivity index (χ1n) is 7.11. The average molecular weight is 258 g/mol. The smallest absolute Gasteiger partial charge is 0.268 e. The fourth-order valence-electron chi connectivity index (χ4n) is 2.95. The van der Waals surface area contributed by atoms with Crippen LogP contribution in [0.3, 0.4) is 0 Å². The predicted octanol–water partition coefficient (Wildman–Crippen LogP) is 3.52. The number of aromatic nitrogens is 1. The van der Waals surface area contributed by atoms with Crippen LogP contribution in [0.25, 0.3) is 0 Å². The minimum atomic E-state index is -0.109. The molecule has 0 radical (unpaired) electrons. The van der Waals surface area contributed by atoms with Crippen molar-refractivity contribution < 1.29 is 0 Å². The Morgan fingerprint density at radius 3 is 2.37 bits per heavy atom. The Kier molecular flexibility index (Phi) is 3.80. The van der Waals surface area contributed by atoms with Gasteiger partial charge in [0.25, 0.3) is 5.56 Å². The van der Waals surface area contributed by atoms with Gasteiger partial charge in [0, 0.05) is 17.2 Å². The van der Waals surface area contributed by atoms with Crippen LogP contribution in [0.4, 0.5) is 0 Å². The maximum atomic E-state index is 12.5. The van der Waals surface area contributed by atoms with Crippen molar-refractivity contribution in [1.82, 2.24) is 4.57 Å². The van der Waals surface area contributed by atoms with E-state index in [0.29, 0.717) is 0 Å². The van der Waals surface area contributed by atoms with Crippen LogP contribution in [0.1, 0.15) is 70.2 Å². The zero-order valence-electron chi connectivity index (χ0n) is 12.1.